The molecule has 2 aromatic carbocycles. The molecule has 0 aliphatic heterocycles. The topological polar surface area (TPSA) is 52.9 Å². The van der Waals surface area contributed by atoms with Crippen molar-refractivity contribution < 1.29 is 9.18 Å². The van der Waals surface area contributed by atoms with Crippen molar-refractivity contribution in [3.05, 3.63) is 63.9 Å². The molecule has 0 aromatic heterocycles. The minimum Gasteiger partial charge on any atom is -0.348 e. The van der Waals surface area contributed by atoms with Gasteiger partial charge in [0.15, 0.2) is 0 Å². The van der Waals surface area contributed by atoms with Gasteiger partial charge >= 0.3 is 0 Å². The van der Waals surface area contributed by atoms with Gasteiger partial charge in [0.25, 0.3) is 5.91 Å². The van der Waals surface area contributed by atoms with Crippen LogP contribution in [0, 0.1) is 17.1 Å². The molecule has 3 nitrogen and oxygen atoms in total. The lowest BCUT2D eigenvalue weighted by atomic mass is 10.1. The Kier molecular flexibility index (Phi) is 5.42. The molecule has 0 fully saturated rings. The first-order valence-electron chi connectivity index (χ1n) is 6.35. The predicted octanol–water partition coefficient (Wildman–Crippen LogP) is 4.00. The van der Waals surface area contributed by atoms with Gasteiger partial charge in [-0.1, -0.05) is 23.7 Å². The smallest absolute Gasteiger partial charge is 0.252 e. The van der Waals surface area contributed by atoms with Gasteiger partial charge in [-0.05, 0) is 36.1 Å². The lowest BCUT2D eigenvalue weighted by molar-refractivity contribution is 0.0948. The molecule has 0 spiro atoms. The molecule has 0 aliphatic carbocycles. The van der Waals surface area contributed by atoms with Crippen LogP contribution in [0.5, 0.6) is 0 Å². The minimum atomic E-state index is -0.323. The van der Waals surface area contributed by atoms with Crippen molar-refractivity contribution >= 4 is 29.3 Å². The van der Waals surface area contributed by atoms with Crippen LogP contribution in [0.1, 0.15) is 21.5 Å². The van der Waals surface area contributed by atoms with Crippen LogP contribution in [0.25, 0.3) is 0 Å². The molecule has 0 radical (unpaired) electrons. The monoisotopic (exact) mass is 334 g/mol. The van der Waals surface area contributed by atoms with Crippen molar-refractivity contribution in [3.63, 3.8) is 0 Å². The molecule has 0 aliphatic rings. The van der Waals surface area contributed by atoms with Gasteiger partial charge in [-0.15, -0.1) is 11.8 Å². The van der Waals surface area contributed by atoms with Crippen molar-refractivity contribution in [1.29, 1.82) is 5.26 Å². The van der Waals surface area contributed by atoms with Gasteiger partial charge in [0.2, 0.25) is 0 Å². The van der Waals surface area contributed by atoms with Crippen LogP contribution < -0.4 is 5.32 Å². The van der Waals surface area contributed by atoms with Crippen LogP contribution >= 0.6 is 23.4 Å². The van der Waals surface area contributed by atoms with E-state index in [4.69, 9.17) is 16.9 Å². The standard InChI is InChI=1S/C16H12ClFN2OS/c1-22-15-7-14(17)11(8-19)6-13(15)16(21)20-9-10-2-4-12(18)5-3-10/h2-7H,9H2,1H3,(H,20,21). The fourth-order valence-electron chi connectivity index (χ4n) is 1.87. The highest BCUT2D eigenvalue weighted by Crippen LogP contribution is 2.27. The van der Waals surface area contributed by atoms with E-state index in [0.29, 0.717) is 15.5 Å². The Morgan fingerprint density at radius 2 is 2.05 bits per heavy atom. The Hall–Kier alpha value is -2.03. The molecule has 1 amide bonds. The van der Waals surface area contributed by atoms with Gasteiger partial charge in [-0.3, -0.25) is 4.79 Å². The fraction of sp³-hybridized carbons (Fsp3) is 0.125. The number of nitrogens with one attached hydrogen (secondary N) is 1. The third kappa shape index (κ3) is 3.79. The molecular formula is C16H12ClFN2OS. The van der Waals surface area contributed by atoms with Gasteiger partial charge in [0, 0.05) is 11.4 Å². The predicted molar refractivity (Wildman–Crippen MR) is 85.5 cm³/mol. The number of amides is 1. The van der Waals surface area contributed by atoms with Gasteiger partial charge in [0.1, 0.15) is 11.9 Å². The maximum Gasteiger partial charge on any atom is 0.252 e. The average molecular weight is 335 g/mol. The lowest BCUT2D eigenvalue weighted by Gasteiger charge is -2.10. The van der Waals surface area contributed by atoms with Crippen LogP contribution in [0.15, 0.2) is 41.3 Å². The minimum absolute atomic E-state index is 0.256. The molecule has 0 saturated heterocycles. The summed E-state index contributed by atoms with van der Waals surface area (Å²) in [5.41, 5.74) is 1.44. The number of hydrogen-bond acceptors (Lipinski definition) is 3. The van der Waals surface area contributed by atoms with Crippen molar-refractivity contribution in [2.75, 3.05) is 6.26 Å². The highest BCUT2D eigenvalue weighted by Gasteiger charge is 2.14. The summed E-state index contributed by atoms with van der Waals surface area (Å²) in [6, 6.07) is 10.9. The Bertz CT molecular complexity index is 741. The van der Waals surface area contributed by atoms with Crippen LogP contribution in [0.2, 0.25) is 5.02 Å². The molecule has 0 saturated carbocycles. The van der Waals surface area contributed by atoms with Crippen molar-refractivity contribution in [3.8, 4) is 6.07 Å². The number of rotatable bonds is 4. The third-order valence-corrected chi connectivity index (χ3v) is 4.11. The van der Waals surface area contributed by atoms with Gasteiger partial charge < -0.3 is 5.32 Å². The Labute approximate surface area is 137 Å². The molecule has 2 rings (SSSR count). The number of benzene rings is 2. The molecule has 0 unspecified atom stereocenters. The van der Waals surface area contributed by atoms with Crippen LogP contribution in [0.3, 0.4) is 0 Å². The second-order valence-electron chi connectivity index (χ2n) is 4.45. The summed E-state index contributed by atoms with van der Waals surface area (Å²) in [7, 11) is 0. The first-order chi connectivity index (χ1) is 10.5. The second kappa shape index (κ2) is 7.30. The molecule has 1 N–H and O–H groups in total. The summed E-state index contributed by atoms with van der Waals surface area (Å²) in [5.74, 6) is -0.627. The molecule has 0 atom stereocenters. The van der Waals surface area contributed by atoms with E-state index in [9.17, 15) is 9.18 Å². The second-order valence-corrected chi connectivity index (χ2v) is 5.71. The van der Waals surface area contributed by atoms with E-state index < -0.39 is 0 Å². The van der Waals surface area contributed by atoms with E-state index in [1.165, 1.54) is 30.0 Å². The SMILES string of the molecule is CSc1cc(Cl)c(C#N)cc1C(=O)NCc1ccc(F)cc1. The fourth-order valence-corrected chi connectivity index (χ4v) is 2.74. The van der Waals surface area contributed by atoms with Gasteiger partial charge in [-0.2, -0.15) is 5.26 Å². The first kappa shape index (κ1) is 16.3. The highest BCUT2D eigenvalue weighted by atomic mass is 35.5. The summed E-state index contributed by atoms with van der Waals surface area (Å²) in [6.07, 6.45) is 1.83. The molecular weight excluding hydrogens is 323 g/mol. The Morgan fingerprint density at radius 1 is 1.36 bits per heavy atom. The largest absolute Gasteiger partial charge is 0.348 e. The molecule has 0 heterocycles. The number of nitriles is 1. The zero-order chi connectivity index (χ0) is 16.1. The highest BCUT2D eigenvalue weighted by molar-refractivity contribution is 7.98. The summed E-state index contributed by atoms with van der Waals surface area (Å²) in [4.78, 5) is 13.0. The van der Waals surface area contributed by atoms with E-state index in [-0.39, 0.29) is 23.8 Å². The van der Waals surface area contributed by atoms with E-state index in [2.05, 4.69) is 5.32 Å². The summed E-state index contributed by atoms with van der Waals surface area (Å²) < 4.78 is 12.8. The Balaban J connectivity index is 2.18. The van der Waals surface area contributed by atoms with Crippen LogP contribution in [0.4, 0.5) is 4.39 Å². The van der Waals surface area contributed by atoms with E-state index in [0.717, 1.165) is 5.56 Å². The molecule has 2 aromatic rings. The average Bonchev–Trinajstić information content (AvgIpc) is 2.53. The van der Waals surface area contributed by atoms with E-state index in [1.54, 1.807) is 18.2 Å². The van der Waals surface area contributed by atoms with Crippen molar-refractivity contribution in [2.24, 2.45) is 0 Å². The molecule has 22 heavy (non-hydrogen) atoms. The van der Waals surface area contributed by atoms with E-state index >= 15 is 0 Å². The molecule has 0 bridgehead atoms. The number of carbonyl (C=O) groups excluding carboxylic acids is 1. The quantitative estimate of drug-likeness (QED) is 0.860. The number of thioether (sulfide) groups is 1. The number of nitrogens with zero attached hydrogens (tertiary/aromatic N) is 1. The molecule has 112 valence electrons. The number of hydrogen-bond donors (Lipinski definition) is 1. The van der Waals surface area contributed by atoms with E-state index in [1.807, 2.05) is 12.3 Å². The summed E-state index contributed by atoms with van der Waals surface area (Å²) in [5, 5.41) is 12.1. The van der Waals surface area contributed by atoms with Crippen molar-refractivity contribution in [1.82, 2.24) is 5.32 Å². The summed E-state index contributed by atoms with van der Waals surface area (Å²) >= 11 is 7.35. The number of halogens is 2. The van der Waals surface area contributed by atoms with Crippen molar-refractivity contribution in [2.45, 2.75) is 11.4 Å². The molecule has 6 heteroatoms. The zero-order valence-electron chi connectivity index (χ0n) is 11.7. The first-order valence-corrected chi connectivity index (χ1v) is 7.95. The lowest BCUT2D eigenvalue weighted by Crippen LogP contribution is -2.23. The van der Waals surface area contributed by atoms with Gasteiger partial charge in [0.05, 0.1) is 16.1 Å². The maximum absolute atomic E-state index is 12.8. The van der Waals surface area contributed by atoms with Crippen LogP contribution in [-0.4, -0.2) is 12.2 Å². The zero-order valence-corrected chi connectivity index (χ0v) is 13.3. The normalized spacial score (nSPS) is 10.1. The number of carbonyl (C=O) groups is 1. The Morgan fingerprint density at radius 3 is 2.64 bits per heavy atom. The van der Waals surface area contributed by atoms with Crippen LogP contribution in [-0.2, 0) is 6.54 Å². The van der Waals surface area contributed by atoms with Gasteiger partial charge in [-0.25, -0.2) is 4.39 Å². The maximum atomic E-state index is 12.8. The summed E-state index contributed by atoms with van der Waals surface area (Å²) in [6.45, 7) is 0.275. The third-order valence-electron chi connectivity index (χ3n) is 3.02.